The van der Waals surface area contributed by atoms with E-state index in [1.54, 1.807) is 0 Å². The Labute approximate surface area is 182 Å². The van der Waals surface area contributed by atoms with Crippen molar-refractivity contribution in [2.75, 3.05) is 38.2 Å². The summed E-state index contributed by atoms with van der Waals surface area (Å²) in [5.74, 6) is 2.33. The number of aliphatic imine (C=N–C) groups is 1. The van der Waals surface area contributed by atoms with E-state index in [9.17, 15) is 8.42 Å². The Hall–Kier alpha value is -0.830. The van der Waals surface area contributed by atoms with E-state index < -0.39 is 9.84 Å². The molecule has 1 fully saturated rings. The lowest BCUT2D eigenvalue weighted by molar-refractivity contribution is 0.215. The molecule has 1 N–H and O–H groups in total. The first-order valence-electron chi connectivity index (χ1n) is 9.70. The number of hydrogen-bond donors (Lipinski definition) is 1. The molecular weight excluding hydrogens is 473 g/mol. The summed E-state index contributed by atoms with van der Waals surface area (Å²) < 4.78 is 22.6. The fourth-order valence-corrected chi connectivity index (χ4v) is 4.37. The average Bonchev–Trinajstić information content (AvgIpc) is 2.63. The smallest absolute Gasteiger partial charge is 0.193 e. The summed E-state index contributed by atoms with van der Waals surface area (Å²) in [6, 6.07) is 10.8. The van der Waals surface area contributed by atoms with Crippen LogP contribution in [0.25, 0.3) is 0 Å². The first kappa shape index (κ1) is 24.2. The molecule has 0 spiro atoms. The molecule has 7 heteroatoms. The first-order chi connectivity index (χ1) is 12.4. The number of piperidine rings is 1. The second-order valence-corrected chi connectivity index (χ2v) is 9.40. The van der Waals surface area contributed by atoms with E-state index >= 15 is 0 Å². The lowest BCUT2D eigenvalue weighted by atomic mass is 9.79. The maximum atomic E-state index is 11.3. The number of guanidine groups is 1. The number of rotatable bonds is 7. The average molecular weight is 507 g/mol. The fourth-order valence-electron chi connectivity index (χ4n) is 3.71. The van der Waals surface area contributed by atoms with Gasteiger partial charge in [-0.25, -0.2) is 8.42 Å². The minimum absolute atomic E-state index is 0. The fraction of sp³-hybridized carbons (Fsp3) is 0.650. The molecule has 1 saturated heterocycles. The molecule has 0 bridgehead atoms. The molecule has 0 saturated carbocycles. The van der Waals surface area contributed by atoms with Crippen molar-refractivity contribution < 1.29 is 8.42 Å². The van der Waals surface area contributed by atoms with Crippen LogP contribution in [0.15, 0.2) is 35.3 Å². The zero-order valence-corrected chi connectivity index (χ0v) is 19.9. The van der Waals surface area contributed by atoms with Crippen molar-refractivity contribution in [3.05, 3.63) is 35.9 Å². The van der Waals surface area contributed by atoms with Crippen LogP contribution in [0.3, 0.4) is 0 Å². The third-order valence-electron chi connectivity index (χ3n) is 5.06. The Morgan fingerprint density at radius 3 is 2.56 bits per heavy atom. The van der Waals surface area contributed by atoms with Gasteiger partial charge in [-0.05, 0) is 37.2 Å². The van der Waals surface area contributed by atoms with Crippen LogP contribution >= 0.6 is 24.0 Å². The van der Waals surface area contributed by atoms with E-state index in [1.807, 2.05) is 0 Å². The highest BCUT2D eigenvalue weighted by molar-refractivity contribution is 14.0. The van der Waals surface area contributed by atoms with Gasteiger partial charge in [-0.15, -0.1) is 24.0 Å². The molecule has 1 heterocycles. The van der Waals surface area contributed by atoms with Crippen molar-refractivity contribution in [2.24, 2.45) is 10.9 Å². The molecule has 2 unspecified atom stereocenters. The van der Waals surface area contributed by atoms with Crippen LogP contribution in [0.1, 0.15) is 44.6 Å². The molecule has 2 rings (SSSR count). The van der Waals surface area contributed by atoms with Gasteiger partial charge in [0.1, 0.15) is 9.84 Å². The zero-order chi connectivity index (χ0) is 19.0. The van der Waals surface area contributed by atoms with E-state index in [4.69, 9.17) is 0 Å². The van der Waals surface area contributed by atoms with Crippen molar-refractivity contribution >= 4 is 39.8 Å². The first-order valence-corrected chi connectivity index (χ1v) is 11.8. The normalized spacial score (nSPS) is 20.9. The SMILES string of the molecule is CCNC(=NCCCS(C)(=O)=O)N1CCC(c2ccccc2)C(CC)C1.I. The van der Waals surface area contributed by atoms with Crippen LogP contribution in [0, 0.1) is 5.92 Å². The Morgan fingerprint density at radius 1 is 1.26 bits per heavy atom. The summed E-state index contributed by atoms with van der Waals surface area (Å²) in [6.07, 6.45) is 4.12. The molecule has 27 heavy (non-hydrogen) atoms. The van der Waals surface area contributed by atoms with E-state index in [-0.39, 0.29) is 29.7 Å². The van der Waals surface area contributed by atoms with Crippen LogP contribution < -0.4 is 5.32 Å². The summed E-state index contributed by atoms with van der Waals surface area (Å²) in [5, 5.41) is 3.38. The third-order valence-corrected chi connectivity index (χ3v) is 6.09. The number of benzene rings is 1. The Bertz CT molecular complexity index is 680. The van der Waals surface area contributed by atoms with Crippen LogP contribution in [0.4, 0.5) is 0 Å². The molecule has 0 amide bonds. The minimum Gasteiger partial charge on any atom is -0.357 e. The molecule has 0 aromatic heterocycles. The van der Waals surface area contributed by atoms with E-state index in [2.05, 4.69) is 59.4 Å². The van der Waals surface area contributed by atoms with E-state index in [0.29, 0.717) is 24.8 Å². The molecule has 5 nitrogen and oxygen atoms in total. The Balaban J connectivity index is 0.00000364. The molecule has 2 atom stereocenters. The molecule has 1 aromatic carbocycles. The van der Waals surface area contributed by atoms with Crippen LogP contribution in [-0.2, 0) is 9.84 Å². The van der Waals surface area contributed by atoms with Gasteiger partial charge >= 0.3 is 0 Å². The molecule has 1 aliphatic heterocycles. The molecule has 1 aliphatic rings. The highest BCUT2D eigenvalue weighted by atomic mass is 127. The van der Waals surface area contributed by atoms with Gasteiger partial charge in [-0.1, -0.05) is 43.7 Å². The van der Waals surface area contributed by atoms with E-state index in [0.717, 1.165) is 38.4 Å². The predicted molar refractivity (Wildman–Crippen MR) is 125 cm³/mol. The second-order valence-electron chi connectivity index (χ2n) is 7.14. The summed E-state index contributed by atoms with van der Waals surface area (Å²) in [4.78, 5) is 7.02. The summed E-state index contributed by atoms with van der Waals surface area (Å²) in [6.45, 7) is 7.67. The molecule has 1 aromatic rings. The highest BCUT2D eigenvalue weighted by Crippen LogP contribution is 2.34. The van der Waals surface area contributed by atoms with Crippen molar-refractivity contribution in [1.29, 1.82) is 0 Å². The van der Waals surface area contributed by atoms with Crippen molar-refractivity contribution in [2.45, 2.75) is 39.0 Å². The van der Waals surface area contributed by atoms with Crippen LogP contribution in [0.2, 0.25) is 0 Å². The topological polar surface area (TPSA) is 61.8 Å². The van der Waals surface area contributed by atoms with Gasteiger partial charge < -0.3 is 10.2 Å². The summed E-state index contributed by atoms with van der Waals surface area (Å²) in [7, 11) is -2.91. The highest BCUT2D eigenvalue weighted by Gasteiger charge is 2.30. The number of sulfone groups is 1. The van der Waals surface area contributed by atoms with E-state index in [1.165, 1.54) is 11.8 Å². The number of hydrogen-bond acceptors (Lipinski definition) is 3. The molecular formula is C20H34IN3O2S. The second kappa shape index (κ2) is 11.9. The third kappa shape index (κ3) is 7.97. The van der Waals surface area contributed by atoms with Gasteiger partial charge in [0.2, 0.25) is 0 Å². The lowest BCUT2D eigenvalue weighted by Gasteiger charge is -2.40. The number of likely N-dealkylation sites (tertiary alicyclic amines) is 1. The lowest BCUT2D eigenvalue weighted by Crippen LogP contribution is -2.48. The van der Waals surface area contributed by atoms with Gasteiger partial charge in [0, 0.05) is 32.4 Å². The van der Waals surface area contributed by atoms with Gasteiger partial charge in [0.05, 0.1) is 5.75 Å². The number of nitrogens with zero attached hydrogens (tertiary/aromatic N) is 2. The monoisotopic (exact) mass is 507 g/mol. The maximum Gasteiger partial charge on any atom is 0.193 e. The predicted octanol–water partition coefficient (Wildman–Crippen LogP) is 3.52. The standard InChI is InChI=1S/C20H33N3O2S.HI/c1-4-17-16-23(14-12-19(17)18-10-7-6-8-11-18)20(21-5-2)22-13-9-15-26(3,24)25;/h6-8,10-11,17,19H,4-5,9,12-16H2,1-3H3,(H,21,22);1H. The van der Waals surface area contributed by atoms with Crippen molar-refractivity contribution in [3.63, 3.8) is 0 Å². The Morgan fingerprint density at radius 2 is 1.96 bits per heavy atom. The quantitative estimate of drug-likeness (QED) is 0.266. The largest absolute Gasteiger partial charge is 0.357 e. The maximum absolute atomic E-state index is 11.3. The summed E-state index contributed by atoms with van der Waals surface area (Å²) in [5.41, 5.74) is 1.44. The summed E-state index contributed by atoms with van der Waals surface area (Å²) >= 11 is 0. The van der Waals surface area contributed by atoms with Gasteiger partial charge in [-0.2, -0.15) is 0 Å². The van der Waals surface area contributed by atoms with Crippen molar-refractivity contribution in [3.8, 4) is 0 Å². The minimum atomic E-state index is -2.91. The Kier molecular flexibility index (Phi) is 10.7. The van der Waals surface area contributed by atoms with Gasteiger partial charge in [-0.3, -0.25) is 4.99 Å². The van der Waals surface area contributed by atoms with Gasteiger partial charge in [0.15, 0.2) is 5.96 Å². The zero-order valence-electron chi connectivity index (χ0n) is 16.7. The van der Waals surface area contributed by atoms with Crippen molar-refractivity contribution in [1.82, 2.24) is 10.2 Å². The molecule has 0 aliphatic carbocycles. The molecule has 154 valence electrons. The van der Waals surface area contributed by atoms with Gasteiger partial charge in [0.25, 0.3) is 0 Å². The van der Waals surface area contributed by atoms with Crippen LogP contribution in [-0.4, -0.2) is 57.5 Å². The number of halogens is 1. The molecule has 0 radical (unpaired) electrons. The van der Waals surface area contributed by atoms with Crippen LogP contribution in [0.5, 0.6) is 0 Å². The number of nitrogens with one attached hydrogen (secondary N) is 1.